The Kier molecular flexibility index (Phi) is 6.36. The van der Waals surface area contributed by atoms with Crippen molar-refractivity contribution < 1.29 is 9.53 Å². The van der Waals surface area contributed by atoms with Gasteiger partial charge in [-0.25, -0.2) is 4.79 Å². The third-order valence-electron chi connectivity index (χ3n) is 5.28. The van der Waals surface area contributed by atoms with E-state index in [4.69, 9.17) is 4.74 Å². The lowest BCUT2D eigenvalue weighted by molar-refractivity contribution is 0.00463. The maximum absolute atomic E-state index is 12.4. The molecule has 0 unspecified atom stereocenters. The monoisotopic (exact) mass is 437 g/mol. The van der Waals surface area contributed by atoms with E-state index < -0.39 is 5.60 Å². The van der Waals surface area contributed by atoms with E-state index >= 15 is 0 Å². The van der Waals surface area contributed by atoms with Crippen molar-refractivity contribution in [2.45, 2.75) is 58.7 Å². The SMILES string of the molecule is C[C@@H]1CN(C(=O)OC(C)(C)C)CCN1Cc1ccc(Br)cc1N1CCCC1. The van der Waals surface area contributed by atoms with Crippen molar-refractivity contribution in [2.24, 2.45) is 0 Å². The van der Waals surface area contributed by atoms with Crippen molar-refractivity contribution in [3.8, 4) is 0 Å². The maximum atomic E-state index is 12.4. The van der Waals surface area contributed by atoms with E-state index in [1.165, 1.54) is 24.1 Å². The molecule has 1 aromatic carbocycles. The molecule has 0 aliphatic carbocycles. The van der Waals surface area contributed by atoms with Gasteiger partial charge in [-0.05, 0) is 58.2 Å². The van der Waals surface area contributed by atoms with Crippen LogP contribution in [0.4, 0.5) is 10.5 Å². The molecule has 0 N–H and O–H groups in total. The van der Waals surface area contributed by atoms with E-state index in [9.17, 15) is 4.79 Å². The molecule has 2 saturated heterocycles. The van der Waals surface area contributed by atoms with Crippen LogP contribution in [-0.2, 0) is 11.3 Å². The maximum Gasteiger partial charge on any atom is 0.410 e. The molecule has 6 heteroatoms. The van der Waals surface area contributed by atoms with Crippen LogP contribution in [0.3, 0.4) is 0 Å². The van der Waals surface area contributed by atoms with Crippen molar-refractivity contribution >= 4 is 27.7 Å². The fourth-order valence-corrected chi connectivity index (χ4v) is 4.21. The zero-order valence-electron chi connectivity index (χ0n) is 17.0. The third kappa shape index (κ3) is 5.38. The quantitative estimate of drug-likeness (QED) is 0.697. The van der Waals surface area contributed by atoms with Crippen molar-refractivity contribution in [3.63, 3.8) is 0 Å². The Balaban J connectivity index is 1.65. The normalized spacial score (nSPS) is 21.6. The molecule has 2 heterocycles. The number of piperazine rings is 1. The van der Waals surface area contributed by atoms with Crippen LogP contribution in [0.15, 0.2) is 22.7 Å². The first-order valence-electron chi connectivity index (χ1n) is 9.98. The Morgan fingerprint density at radius 3 is 2.52 bits per heavy atom. The molecule has 3 rings (SSSR count). The molecule has 0 radical (unpaired) electrons. The highest BCUT2D eigenvalue weighted by atomic mass is 79.9. The molecule has 1 atom stereocenters. The summed E-state index contributed by atoms with van der Waals surface area (Å²) in [6, 6.07) is 6.94. The number of hydrogen-bond acceptors (Lipinski definition) is 4. The van der Waals surface area contributed by atoms with Gasteiger partial charge in [-0.2, -0.15) is 0 Å². The Labute approximate surface area is 171 Å². The number of carbonyl (C=O) groups is 1. The number of rotatable bonds is 3. The molecule has 1 aromatic rings. The van der Waals surface area contributed by atoms with E-state index in [-0.39, 0.29) is 6.09 Å². The van der Waals surface area contributed by atoms with Gasteiger partial charge in [0.25, 0.3) is 0 Å². The number of amides is 1. The summed E-state index contributed by atoms with van der Waals surface area (Å²) in [6.45, 7) is 13.5. The fraction of sp³-hybridized carbons (Fsp3) is 0.667. The standard InChI is InChI=1S/C21H32BrN3O2/c1-16-14-25(20(26)27-21(2,3)4)12-11-24(16)15-17-7-8-18(22)13-19(17)23-9-5-6-10-23/h7-8,13,16H,5-6,9-12,14-15H2,1-4H3/t16-/m1/s1. The summed E-state index contributed by atoms with van der Waals surface area (Å²) in [5.74, 6) is 0. The number of hydrogen-bond donors (Lipinski definition) is 0. The first kappa shape index (κ1) is 20.5. The van der Waals surface area contributed by atoms with Crippen molar-refractivity contribution in [1.82, 2.24) is 9.80 Å². The summed E-state index contributed by atoms with van der Waals surface area (Å²) in [5, 5.41) is 0. The van der Waals surface area contributed by atoms with E-state index in [1.807, 2.05) is 25.7 Å². The van der Waals surface area contributed by atoms with Gasteiger partial charge >= 0.3 is 6.09 Å². The van der Waals surface area contributed by atoms with Crippen LogP contribution in [0.1, 0.15) is 46.1 Å². The van der Waals surface area contributed by atoms with Gasteiger partial charge in [0.2, 0.25) is 0 Å². The highest BCUT2D eigenvalue weighted by Crippen LogP contribution is 2.30. The first-order chi connectivity index (χ1) is 12.7. The lowest BCUT2D eigenvalue weighted by atomic mass is 10.1. The Morgan fingerprint density at radius 2 is 1.89 bits per heavy atom. The summed E-state index contributed by atoms with van der Waals surface area (Å²) in [6.07, 6.45) is 2.35. The summed E-state index contributed by atoms with van der Waals surface area (Å²) < 4.78 is 6.67. The number of carbonyl (C=O) groups excluding carboxylic acids is 1. The molecular formula is C21H32BrN3O2. The van der Waals surface area contributed by atoms with Crippen LogP contribution < -0.4 is 4.90 Å². The first-order valence-corrected chi connectivity index (χ1v) is 10.8. The minimum absolute atomic E-state index is 0.199. The number of anilines is 1. The van der Waals surface area contributed by atoms with Gasteiger partial charge in [0.05, 0.1) is 0 Å². The van der Waals surface area contributed by atoms with Gasteiger partial charge in [-0.3, -0.25) is 4.90 Å². The minimum atomic E-state index is -0.445. The minimum Gasteiger partial charge on any atom is -0.444 e. The van der Waals surface area contributed by atoms with Gasteiger partial charge in [-0.15, -0.1) is 0 Å². The molecule has 0 bridgehead atoms. The van der Waals surface area contributed by atoms with Crippen LogP contribution in [0.5, 0.6) is 0 Å². The predicted octanol–water partition coefficient (Wildman–Crippen LogP) is 4.49. The summed E-state index contributed by atoms with van der Waals surface area (Å²) in [4.78, 5) is 19.2. The van der Waals surface area contributed by atoms with Crippen molar-refractivity contribution in [1.29, 1.82) is 0 Å². The molecule has 0 aromatic heterocycles. The molecule has 2 aliphatic heterocycles. The van der Waals surface area contributed by atoms with E-state index in [0.717, 1.165) is 37.2 Å². The number of halogens is 1. The van der Waals surface area contributed by atoms with Gasteiger partial charge in [-0.1, -0.05) is 22.0 Å². The second kappa shape index (κ2) is 8.39. The molecule has 27 heavy (non-hydrogen) atoms. The van der Waals surface area contributed by atoms with Crippen LogP contribution in [0.2, 0.25) is 0 Å². The number of benzene rings is 1. The van der Waals surface area contributed by atoms with Gasteiger partial charge in [0.15, 0.2) is 0 Å². The fourth-order valence-electron chi connectivity index (χ4n) is 3.86. The third-order valence-corrected chi connectivity index (χ3v) is 5.78. The Bertz CT molecular complexity index is 668. The second-order valence-corrected chi connectivity index (χ2v) is 9.63. The molecule has 1 amide bonds. The molecule has 0 spiro atoms. The van der Waals surface area contributed by atoms with Crippen LogP contribution in [0, 0.1) is 0 Å². The highest BCUT2D eigenvalue weighted by Gasteiger charge is 2.30. The lowest BCUT2D eigenvalue weighted by Crippen LogP contribution is -2.54. The van der Waals surface area contributed by atoms with Crippen LogP contribution >= 0.6 is 15.9 Å². The smallest absolute Gasteiger partial charge is 0.410 e. The average Bonchev–Trinajstić information content (AvgIpc) is 3.11. The van der Waals surface area contributed by atoms with E-state index in [0.29, 0.717) is 12.6 Å². The van der Waals surface area contributed by atoms with Crippen LogP contribution in [0.25, 0.3) is 0 Å². The summed E-state index contributed by atoms with van der Waals surface area (Å²) in [7, 11) is 0. The molecule has 150 valence electrons. The molecule has 2 fully saturated rings. The topological polar surface area (TPSA) is 36.0 Å². The van der Waals surface area contributed by atoms with E-state index in [1.54, 1.807) is 0 Å². The number of nitrogens with zero attached hydrogens (tertiary/aromatic N) is 3. The molecule has 5 nitrogen and oxygen atoms in total. The van der Waals surface area contributed by atoms with Crippen LogP contribution in [-0.4, -0.2) is 60.3 Å². The van der Waals surface area contributed by atoms with Gasteiger partial charge < -0.3 is 14.5 Å². The molecule has 0 saturated carbocycles. The van der Waals surface area contributed by atoms with Gasteiger partial charge in [0.1, 0.15) is 5.60 Å². The summed E-state index contributed by atoms with van der Waals surface area (Å²) in [5.41, 5.74) is 2.28. The zero-order valence-corrected chi connectivity index (χ0v) is 18.6. The lowest BCUT2D eigenvalue weighted by Gasteiger charge is -2.40. The Morgan fingerprint density at radius 1 is 1.19 bits per heavy atom. The van der Waals surface area contributed by atoms with Gasteiger partial charge in [0, 0.05) is 55.5 Å². The Hall–Kier alpha value is -1.27. The largest absolute Gasteiger partial charge is 0.444 e. The number of ether oxygens (including phenoxy) is 1. The second-order valence-electron chi connectivity index (χ2n) is 8.71. The molecular weight excluding hydrogens is 406 g/mol. The average molecular weight is 438 g/mol. The molecule has 2 aliphatic rings. The van der Waals surface area contributed by atoms with E-state index in [2.05, 4.69) is 50.9 Å². The van der Waals surface area contributed by atoms with Crippen molar-refractivity contribution in [3.05, 3.63) is 28.2 Å². The van der Waals surface area contributed by atoms with Crippen molar-refractivity contribution in [2.75, 3.05) is 37.6 Å². The predicted molar refractivity (Wildman–Crippen MR) is 113 cm³/mol. The summed E-state index contributed by atoms with van der Waals surface area (Å²) >= 11 is 3.63. The highest BCUT2D eigenvalue weighted by molar-refractivity contribution is 9.10. The zero-order chi connectivity index (χ0) is 19.6.